The monoisotopic (exact) mass is 357 g/mol. The van der Waals surface area contributed by atoms with Gasteiger partial charge in [-0.05, 0) is 38.8 Å². The molecule has 3 rings (SSSR count). The lowest BCUT2D eigenvalue weighted by Crippen LogP contribution is -2.45. The maximum absolute atomic E-state index is 4.66. The molecule has 5 nitrogen and oxygen atoms in total. The number of nitrogens with one attached hydrogen (secondary N) is 2. The minimum absolute atomic E-state index is 0.412. The number of benzene rings is 1. The normalized spacial score (nSPS) is 15.2. The van der Waals surface area contributed by atoms with E-state index in [9.17, 15) is 0 Å². The van der Waals surface area contributed by atoms with Gasteiger partial charge in [-0.15, -0.1) is 11.3 Å². The number of guanidine groups is 1. The van der Waals surface area contributed by atoms with Crippen LogP contribution in [0.2, 0.25) is 0 Å². The van der Waals surface area contributed by atoms with E-state index in [0.717, 1.165) is 37.0 Å². The molecule has 1 aromatic heterocycles. The molecule has 2 N–H and O–H groups in total. The van der Waals surface area contributed by atoms with Crippen molar-refractivity contribution < 1.29 is 0 Å². The fourth-order valence-corrected chi connectivity index (χ4v) is 3.85. The zero-order valence-electron chi connectivity index (χ0n) is 15.2. The number of para-hydroxylation sites is 1. The van der Waals surface area contributed by atoms with Crippen LogP contribution in [0.25, 0.3) is 0 Å². The van der Waals surface area contributed by atoms with Crippen LogP contribution in [0.15, 0.2) is 35.5 Å². The fraction of sp³-hybridized carbons (Fsp3) is 0.474. The third-order valence-corrected chi connectivity index (χ3v) is 5.30. The number of aryl methyl sites for hydroxylation is 1. The lowest BCUT2D eigenvalue weighted by Gasteiger charge is -2.28. The summed E-state index contributed by atoms with van der Waals surface area (Å²) in [7, 11) is 0. The van der Waals surface area contributed by atoms with Gasteiger partial charge in [0.2, 0.25) is 0 Å². The molecule has 1 aromatic carbocycles. The highest BCUT2D eigenvalue weighted by Gasteiger charge is 2.22. The minimum atomic E-state index is 0.412. The smallest absolute Gasteiger partial charge is 0.191 e. The maximum atomic E-state index is 4.66. The van der Waals surface area contributed by atoms with E-state index < -0.39 is 0 Å². The molecule has 0 radical (unpaired) electrons. The molecule has 0 saturated carbocycles. The highest BCUT2D eigenvalue weighted by Crippen LogP contribution is 2.28. The number of fused-ring (bicyclic) bond motifs is 1. The number of hydrogen-bond donors (Lipinski definition) is 2. The molecule has 0 spiro atoms. The molecule has 134 valence electrons. The van der Waals surface area contributed by atoms with Gasteiger partial charge in [0.15, 0.2) is 5.96 Å². The third-order valence-electron chi connectivity index (χ3n) is 4.41. The van der Waals surface area contributed by atoms with Crippen molar-refractivity contribution in [1.29, 1.82) is 0 Å². The summed E-state index contributed by atoms with van der Waals surface area (Å²) in [6.07, 6.45) is 3.04. The van der Waals surface area contributed by atoms with Gasteiger partial charge >= 0.3 is 0 Å². The molecular formula is C19H27N5S. The molecule has 1 aliphatic rings. The van der Waals surface area contributed by atoms with Gasteiger partial charge in [-0.3, -0.25) is 0 Å². The van der Waals surface area contributed by atoms with Crippen LogP contribution in [-0.2, 0) is 13.0 Å². The van der Waals surface area contributed by atoms with Crippen LogP contribution in [0.3, 0.4) is 0 Å². The number of aromatic nitrogens is 1. The van der Waals surface area contributed by atoms with Gasteiger partial charge in [-0.2, -0.15) is 0 Å². The van der Waals surface area contributed by atoms with Crippen molar-refractivity contribution in [1.82, 2.24) is 15.6 Å². The van der Waals surface area contributed by atoms with E-state index >= 15 is 0 Å². The zero-order chi connectivity index (χ0) is 17.6. The lowest BCUT2D eigenvalue weighted by atomic mass is 10.2. The Morgan fingerprint density at radius 2 is 2.20 bits per heavy atom. The lowest BCUT2D eigenvalue weighted by molar-refractivity contribution is 0.625. The van der Waals surface area contributed by atoms with Crippen molar-refractivity contribution in [3.8, 4) is 0 Å². The van der Waals surface area contributed by atoms with Crippen LogP contribution < -0.4 is 15.5 Å². The van der Waals surface area contributed by atoms with Crippen molar-refractivity contribution in [2.75, 3.05) is 24.5 Å². The molecule has 1 unspecified atom stereocenters. The van der Waals surface area contributed by atoms with E-state index in [2.05, 4.69) is 70.5 Å². The highest BCUT2D eigenvalue weighted by molar-refractivity contribution is 7.11. The Kier molecular flexibility index (Phi) is 5.91. The van der Waals surface area contributed by atoms with Crippen LogP contribution in [0, 0.1) is 6.92 Å². The third kappa shape index (κ3) is 4.51. The number of rotatable bonds is 6. The number of aliphatic imine (C=N–C) groups is 1. The van der Waals surface area contributed by atoms with Crippen LogP contribution in [-0.4, -0.2) is 36.6 Å². The van der Waals surface area contributed by atoms with Crippen molar-refractivity contribution in [2.45, 2.75) is 39.8 Å². The van der Waals surface area contributed by atoms with Crippen LogP contribution in [0.1, 0.15) is 29.3 Å². The summed E-state index contributed by atoms with van der Waals surface area (Å²) < 4.78 is 0. The first kappa shape index (κ1) is 17.7. The predicted octanol–water partition coefficient (Wildman–Crippen LogP) is 2.96. The summed E-state index contributed by atoms with van der Waals surface area (Å²) >= 11 is 1.70. The molecule has 0 saturated heterocycles. The molecule has 0 bridgehead atoms. The van der Waals surface area contributed by atoms with Gasteiger partial charge in [0.1, 0.15) is 5.01 Å². The van der Waals surface area contributed by atoms with Gasteiger partial charge in [0, 0.05) is 42.4 Å². The van der Waals surface area contributed by atoms with Crippen LogP contribution >= 0.6 is 11.3 Å². The molecule has 1 atom stereocenters. The van der Waals surface area contributed by atoms with Crippen molar-refractivity contribution in [2.24, 2.45) is 4.99 Å². The van der Waals surface area contributed by atoms with E-state index in [4.69, 9.17) is 0 Å². The highest BCUT2D eigenvalue weighted by atomic mass is 32.1. The molecule has 2 aromatic rings. The zero-order valence-corrected chi connectivity index (χ0v) is 16.1. The average molecular weight is 358 g/mol. The van der Waals surface area contributed by atoms with E-state index in [0.29, 0.717) is 12.6 Å². The molecular weight excluding hydrogens is 330 g/mol. The van der Waals surface area contributed by atoms with Gasteiger partial charge in [-0.1, -0.05) is 18.2 Å². The summed E-state index contributed by atoms with van der Waals surface area (Å²) in [5, 5.41) is 7.85. The van der Waals surface area contributed by atoms with Gasteiger partial charge in [0.25, 0.3) is 0 Å². The van der Waals surface area contributed by atoms with E-state index in [1.54, 1.807) is 11.3 Å². The number of nitrogens with zero attached hydrogens (tertiary/aromatic N) is 3. The Labute approximate surface area is 154 Å². The first-order valence-electron chi connectivity index (χ1n) is 8.95. The number of hydrogen-bond acceptors (Lipinski definition) is 4. The van der Waals surface area contributed by atoms with Crippen LogP contribution in [0.5, 0.6) is 0 Å². The van der Waals surface area contributed by atoms with Gasteiger partial charge < -0.3 is 15.5 Å². The molecule has 2 heterocycles. The van der Waals surface area contributed by atoms with Crippen molar-refractivity contribution in [3.05, 3.63) is 45.9 Å². The van der Waals surface area contributed by atoms with E-state index in [1.807, 2.05) is 6.20 Å². The minimum Gasteiger partial charge on any atom is -0.366 e. The Morgan fingerprint density at radius 3 is 2.96 bits per heavy atom. The molecule has 1 aliphatic heterocycles. The van der Waals surface area contributed by atoms with Crippen molar-refractivity contribution in [3.63, 3.8) is 0 Å². The second-order valence-electron chi connectivity index (χ2n) is 6.36. The quantitative estimate of drug-likeness (QED) is 0.616. The Morgan fingerprint density at radius 1 is 1.36 bits per heavy atom. The first-order valence-corrected chi connectivity index (χ1v) is 9.77. The summed E-state index contributed by atoms with van der Waals surface area (Å²) in [6, 6.07) is 9.12. The van der Waals surface area contributed by atoms with Crippen LogP contribution in [0.4, 0.5) is 5.69 Å². The van der Waals surface area contributed by atoms with Gasteiger partial charge in [0.05, 0.1) is 6.54 Å². The first-order chi connectivity index (χ1) is 12.2. The Balaban J connectivity index is 1.57. The largest absolute Gasteiger partial charge is 0.366 e. The van der Waals surface area contributed by atoms with E-state index in [-0.39, 0.29) is 0 Å². The molecule has 0 amide bonds. The molecule has 0 aliphatic carbocycles. The SMILES string of the molecule is CCNC(=NCc1ncc(C)s1)NCC(C)N1CCc2ccccc21. The maximum Gasteiger partial charge on any atom is 0.191 e. The summed E-state index contributed by atoms with van der Waals surface area (Å²) in [5.41, 5.74) is 2.83. The Hall–Kier alpha value is -2.08. The van der Waals surface area contributed by atoms with E-state index in [1.165, 1.54) is 16.1 Å². The number of anilines is 1. The summed E-state index contributed by atoms with van der Waals surface area (Å²) in [5.74, 6) is 0.856. The standard InChI is InChI=1S/C19H27N5S/c1-4-20-19(23-13-18-21-12-15(3)25-18)22-11-14(2)24-10-9-16-7-5-6-8-17(16)24/h5-8,12,14H,4,9-11,13H2,1-3H3,(H2,20,22,23). The topological polar surface area (TPSA) is 52.6 Å². The summed E-state index contributed by atoms with van der Waals surface area (Å²) in [6.45, 7) is 9.85. The molecule has 25 heavy (non-hydrogen) atoms. The predicted molar refractivity (Wildman–Crippen MR) is 107 cm³/mol. The van der Waals surface area contributed by atoms with Crippen molar-refractivity contribution >= 4 is 23.0 Å². The fourth-order valence-electron chi connectivity index (χ4n) is 3.14. The van der Waals surface area contributed by atoms with Gasteiger partial charge in [-0.25, -0.2) is 9.98 Å². The average Bonchev–Trinajstić information content (AvgIpc) is 3.23. The molecule has 6 heteroatoms. The number of thiazole rings is 1. The summed E-state index contributed by atoms with van der Waals surface area (Å²) in [4.78, 5) is 12.8. The second-order valence-corrected chi connectivity index (χ2v) is 7.68. The Bertz CT molecular complexity index is 724. The molecule has 0 fully saturated rings. The second kappa shape index (κ2) is 8.34.